The van der Waals surface area contributed by atoms with Gasteiger partial charge in [-0.15, -0.1) is 0 Å². The molecule has 3 heteroatoms. The molecule has 0 aromatic carbocycles. The van der Waals surface area contributed by atoms with Crippen LogP contribution in [0, 0.1) is 0 Å². The number of nitrogens with zero attached hydrogens (tertiary/aromatic N) is 3. The number of rotatable bonds is 2. The molecule has 0 bridgehead atoms. The van der Waals surface area contributed by atoms with E-state index in [4.69, 9.17) is 0 Å². The van der Waals surface area contributed by atoms with Crippen molar-refractivity contribution in [2.45, 2.75) is 18.8 Å². The fraction of sp³-hybridized carbons (Fsp3) is 0.556. The lowest BCUT2D eigenvalue weighted by atomic mass is 10.4. The van der Waals surface area contributed by atoms with Crippen LogP contribution in [0.5, 0.6) is 0 Å². The third-order valence-electron chi connectivity index (χ3n) is 2.06. The normalized spacial score (nSPS) is 16.2. The fourth-order valence-electron chi connectivity index (χ4n) is 1.15. The quantitative estimate of drug-likeness (QED) is 0.660. The van der Waals surface area contributed by atoms with E-state index in [1.54, 1.807) is 0 Å². The summed E-state index contributed by atoms with van der Waals surface area (Å²) >= 11 is 0. The summed E-state index contributed by atoms with van der Waals surface area (Å²) in [7, 11) is 4.00. The molecule has 2 rings (SSSR count). The fourth-order valence-corrected chi connectivity index (χ4v) is 1.15. The number of hydrogen-bond donors (Lipinski definition) is 0. The van der Waals surface area contributed by atoms with Gasteiger partial charge in [-0.2, -0.15) is 0 Å². The summed E-state index contributed by atoms with van der Waals surface area (Å²) < 4.78 is 0. The van der Waals surface area contributed by atoms with Crippen LogP contribution < -0.4 is 4.90 Å². The predicted molar refractivity (Wildman–Crippen MR) is 48.3 cm³/mol. The second-order valence-corrected chi connectivity index (χ2v) is 3.44. The van der Waals surface area contributed by atoms with Crippen LogP contribution in [0.15, 0.2) is 12.3 Å². The van der Waals surface area contributed by atoms with E-state index in [2.05, 4.69) is 9.97 Å². The number of hydrogen-bond acceptors (Lipinski definition) is 3. The van der Waals surface area contributed by atoms with Crippen molar-refractivity contribution in [1.29, 1.82) is 0 Å². The van der Waals surface area contributed by atoms with Gasteiger partial charge in [0, 0.05) is 26.2 Å². The smallest absolute Gasteiger partial charge is 0.133 e. The molecule has 0 amide bonds. The second-order valence-electron chi connectivity index (χ2n) is 3.44. The van der Waals surface area contributed by atoms with Crippen molar-refractivity contribution in [2.75, 3.05) is 19.0 Å². The Kier molecular flexibility index (Phi) is 1.71. The highest BCUT2D eigenvalue weighted by Gasteiger charge is 2.26. The van der Waals surface area contributed by atoms with Crippen LogP contribution in [0.1, 0.15) is 24.6 Å². The maximum atomic E-state index is 4.45. The predicted octanol–water partition coefficient (Wildman–Crippen LogP) is 1.42. The Bertz CT molecular complexity index is 262. The Hall–Kier alpha value is -1.12. The minimum Gasteiger partial charge on any atom is -0.363 e. The molecule has 3 nitrogen and oxygen atoms in total. The molecule has 1 heterocycles. The maximum Gasteiger partial charge on any atom is 0.133 e. The molecule has 12 heavy (non-hydrogen) atoms. The summed E-state index contributed by atoms with van der Waals surface area (Å²) in [5.41, 5.74) is 0. The van der Waals surface area contributed by atoms with Gasteiger partial charge >= 0.3 is 0 Å². The van der Waals surface area contributed by atoms with Crippen LogP contribution in [-0.4, -0.2) is 24.1 Å². The van der Waals surface area contributed by atoms with Gasteiger partial charge in [0.1, 0.15) is 11.6 Å². The molecular weight excluding hydrogens is 150 g/mol. The standard InChI is InChI=1S/C9H13N3/c1-12(2)8-5-6-10-9(11-8)7-3-4-7/h5-7H,3-4H2,1-2H3. The second kappa shape index (κ2) is 2.73. The molecule has 0 radical (unpaired) electrons. The van der Waals surface area contributed by atoms with Crippen molar-refractivity contribution < 1.29 is 0 Å². The van der Waals surface area contributed by atoms with Gasteiger partial charge in [0.15, 0.2) is 0 Å². The molecular formula is C9H13N3. The van der Waals surface area contributed by atoms with Crippen molar-refractivity contribution in [2.24, 2.45) is 0 Å². The summed E-state index contributed by atoms with van der Waals surface area (Å²) in [6, 6.07) is 1.94. The Morgan fingerprint density at radius 3 is 2.75 bits per heavy atom. The molecule has 64 valence electrons. The highest BCUT2D eigenvalue weighted by molar-refractivity contribution is 5.35. The van der Waals surface area contributed by atoms with Crippen LogP contribution >= 0.6 is 0 Å². The molecule has 1 aliphatic carbocycles. The highest BCUT2D eigenvalue weighted by atomic mass is 15.1. The van der Waals surface area contributed by atoms with E-state index >= 15 is 0 Å². The molecule has 0 unspecified atom stereocenters. The van der Waals surface area contributed by atoms with E-state index in [-0.39, 0.29) is 0 Å². The Labute approximate surface area is 72.4 Å². The first kappa shape index (κ1) is 7.53. The molecule has 0 spiro atoms. The Morgan fingerprint density at radius 2 is 2.17 bits per heavy atom. The molecule has 1 aromatic rings. The minimum atomic E-state index is 0.643. The lowest BCUT2D eigenvalue weighted by molar-refractivity contribution is 0.906. The van der Waals surface area contributed by atoms with Crippen LogP contribution in [0.3, 0.4) is 0 Å². The Balaban J connectivity index is 2.26. The third kappa shape index (κ3) is 1.40. The van der Waals surface area contributed by atoms with Gasteiger partial charge in [-0.25, -0.2) is 9.97 Å². The van der Waals surface area contributed by atoms with E-state index in [1.807, 2.05) is 31.3 Å². The van der Waals surface area contributed by atoms with Gasteiger partial charge in [-0.3, -0.25) is 0 Å². The molecule has 1 fully saturated rings. The molecule has 1 aromatic heterocycles. The van der Waals surface area contributed by atoms with E-state index in [0.717, 1.165) is 11.6 Å². The maximum absolute atomic E-state index is 4.45. The monoisotopic (exact) mass is 163 g/mol. The summed E-state index contributed by atoms with van der Waals surface area (Å²) in [6.45, 7) is 0. The molecule has 0 saturated heterocycles. The van der Waals surface area contributed by atoms with Crippen molar-refractivity contribution in [3.8, 4) is 0 Å². The molecule has 0 atom stereocenters. The summed E-state index contributed by atoms with van der Waals surface area (Å²) in [4.78, 5) is 10.7. The van der Waals surface area contributed by atoms with Gasteiger partial charge in [-0.05, 0) is 18.9 Å². The largest absolute Gasteiger partial charge is 0.363 e. The van der Waals surface area contributed by atoms with Crippen LogP contribution in [-0.2, 0) is 0 Å². The topological polar surface area (TPSA) is 29.0 Å². The minimum absolute atomic E-state index is 0.643. The van der Waals surface area contributed by atoms with Gasteiger partial charge in [-0.1, -0.05) is 0 Å². The number of anilines is 1. The SMILES string of the molecule is CN(C)c1ccnc(C2CC2)n1. The summed E-state index contributed by atoms with van der Waals surface area (Å²) in [6.07, 6.45) is 4.36. The summed E-state index contributed by atoms with van der Waals surface area (Å²) in [5, 5.41) is 0. The van der Waals surface area contributed by atoms with E-state index in [0.29, 0.717) is 5.92 Å². The van der Waals surface area contributed by atoms with E-state index < -0.39 is 0 Å². The van der Waals surface area contributed by atoms with Crippen LogP contribution in [0.4, 0.5) is 5.82 Å². The van der Waals surface area contributed by atoms with E-state index in [1.165, 1.54) is 12.8 Å². The van der Waals surface area contributed by atoms with Gasteiger partial charge < -0.3 is 4.90 Å². The van der Waals surface area contributed by atoms with Crippen molar-refractivity contribution in [3.05, 3.63) is 18.1 Å². The first-order valence-corrected chi connectivity index (χ1v) is 4.27. The molecule has 1 saturated carbocycles. The lowest BCUT2D eigenvalue weighted by Crippen LogP contribution is -2.11. The first-order valence-electron chi connectivity index (χ1n) is 4.27. The van der Waals surface area contributed by atoms with E-state index in [9.17, 15) is 0 Å². The van der Waals surface area contributed by atoms with Gasteiger partial charge in [0.05, 0.1) is 0 Å². The zero-order chi connectivity index (χ0) is 8.55. The zero-order valence-electron chi connectivity index (χ0n) is 7.49. The highest BCUT2D eigenvalue weighted by Crippen LogP contribution is 2.38. The van der Waals surface area contributed by atoms with Crippen molar-refractivity contribution in [3.63, 3.8) is 0 Å². The van der Waals surface area contributed by atoms with Crippen molar-refractivity contribution in [1.82, 2.24) is 9.97 Å². The van der Waals surface area contributed by atoms with Crippen molar-refractivity contribution >= 4 is 5.82 Å². The zero-order valence-corrected chi connectivity index (χ0v) is 7.49. The average molecular weight is 163 g/mol. The third-order valence-corrected chi connectivity index (χ3v) is 2.06. The summed E-state index contributed by atoms with van der Waals surface area (Å²) in [5.74, 6) is 2.66. The first-order chi connectivity index (χ1) is 5.77. The van der Waals surface area contributed by atoms with Gasteiger partial charge in [0.2, 0.25) is 0 Å². The average Bonchev–Trinajstić information content (AvgIpc) is 2.87. The van der Waals surface area contributed by atoms with Crippen LogP contribution in [0.2, 0.25) is 0 Å². The Morgan fingerprint density at radius 1 is 1.42 bits per heavy atom. The number of aromatic nitrogens is 2. The molecule has 0 aliphatic heterocycles. The lowest BCUT2D eigenvalue weighted by Gasteiger charge is -2.10. The molecule has 0 N–H and O–H groups in total. The van der Waals surface area contributed by atoms with Crippen LogP contribution in [0.25, 0.3) is 0 Å². The van der Waals surface area contributed by atoms with Gasteiger partial charge in [0.25, 0.3) is 0 Å². The molecule has 1 aliphatic rings.